The Bertz CT molecular complexity index is 742. The van der Waals surface area contributed by atoms with Crippen molar-refractivity contribution in [3.8, 4) is 10.6 Å². The van der Waals surface area contributed by atoms with Crippen molar-refractivity contribution in [1.82, 2.24) is 4.98 Å². The highest BCUT2D eigenvalue weighted by Crippen LogP contribution is 2.40. The van der Waals surface area contributed by atoms with Crippen LogP contribution in [0.2, 0.25) is 0 Å². The van der Waals surface area contributed by atoms with Crippen molar-refractivity contribution in [3.05, 3.63) is 34.6 Å². The molecule has 1 aliphatic carbocycles. The molecule has 0 radical (unpaired) electrons. The Kier molecular flexibility index (Phi) is 4.35. The Labute approximate surface area is 138 Å². The summed E-state index contributed by atoms with van der Waals surface area (Å²) in [6, 6.07) is 5.15. The number of aromatic nitrogens is 1. The Morgan fingerprint density at radius 3 is 2.87 bits per heavy atom. The van der Waals surface area contributed by atoms with Gasteiger partial charge in [-0.2, -0.15) is 0 Å². The van der Waals surface area contributed by atoms with Gasteiger partial charge in [-0.15, -0.1) is 11.3 Å². The van der Waals surface area contributed by atoms with Crippen molar-refractivity contribution in [2.75, 3.05) is 19.0 Å². The molecule has 122 valence electrons. The molecule has 0 saturated heterocycles. The summed E-state index contributed by atoms with van der Waals surface area (Å²) in [5, 5.41) is 0.650. The number of carbonyl (C=O) groups is 1. The van der Waals surface area contributed by atoms with E-state index in [2.05, 4.69) is 4.98 Å². The average molecular weight is 334 g/mol. The van der Waals surface area contributed by atoms with Crippen molar-refractivity contribution in [2.24, 2.45) is 0 Å². The normalized spacial score (nSPS) is 16.8. The number of benzene rings is 1. The van der Waals surface area contributed by atoms with E-state index in [9.17, 15) is 9.18 Å². The van der Waals surface area contributed by atoms with Gasteiger partial charge in [0.15, 0.2) is 0 Å². The van der Waals surface area contributed by atoms with Crippen LogP contribution in [0.1, 0.15) is 36.4 Å². The minimum atomic E-state index is -0.292. The fourth-order valence-electron chi connectivity index (χ4n) is 2.76. The van der Waals surface area contributed by atoms with Crippen LogP contribution < -0.4 is 4.90 Å². The van der Waals surface area contributed by atoms with Crippen LogP contribution >= 0.6 is 11.3 Å². The largest absolute Gasteiger partial charge is 0.457 e. The number of nitrogens with zero attached hydrogens (tertiary/aromatic N) is 2. The van der Waals surface area contributed by atoms with Gasteiger partial charge in [0.1, 0.15) is 16.9 Å². The van der Waals surface area contributed by atoms with E-state index in [1.54, 1.807) is 6.07 Å². The maximum atomic E-state index is 14.4. The van der Waals surface area contributed by atoms with E-state index in [0.29, 0.717) is 10.6 Å². The van der Waals surface area contributed by atoms with Crippen molar-refractivity contribution in [2.45, 2.75) is 32.3 Å². The molecular weight excluding hydrogens is 315 g/mol. The topological polar surface area (TPSA) is 42.4 Å². The summed E-state index contributed by atoms with van der Waals surface area (Å²) < 4.78 is 19.8. The summed E-state index contributed by atoms with van der Waals surface area (Å²) in [5.74, 6) is -0.578. The number of ether oxygens (including phenoxy) is 1. The summed E-state index contributed by atoms with van der Waals surface area (Å²) in [6.45, 7) is 1.41. The number of anilines is 1. The lowest BCUT2D eigenvalue weighted by atomic mass is 10.0. The van der Waals surface area contributed by atoms with E-state index in [0.717, 1.165) is 35.5 Å². The van der Waals surface area contributed by atoms with E-state index in [1.165, 1.54) is 24.3 Å². The molecule has 4 nitrogen and oxygen atoms in total. The second kappa shape index (κ2) is 6.28. The summed E-state index contributed by atoms with van der Waals surface area (Å²) in [6.07, 6.45) is 2.33. The molecule has 1 unspecified atom stereocenters. The Balaban J connectivity index is 1.96. The number of hydrogen-bond donors (Lipinski definition) is 0. The van der Waals surface area contributed by atoms with Gasteiger partial charge in [0.05, 0.1) is 10.6 Å². The molecule has 0 bridgehead atoms. The smallest absolute Gasteiger partial charge is 0.303 e. The highest BCUT2D eigenvalue weighted by Gasteiger charge is 2.27. The molecule has 1 heterocycles. The van der Waals surface area contributed by atoms with Gasteiger partial charge in [0, 0.05) is 32.3 Å². The maximum absolute atomic E-state index is 14.4. The number of aryl methyl sites for hydroxylation is 1. The van der Waals surface area contributed by atoms with E-state index < -0.39 is 0 Å². The average Bonchev–Trinajstić information content (AvgIpc) is 2.91. The third-order valence-corrected chi connectivity index (χ3v) is 5.13. The Morgan fingerprint density at radius 2 is 2.22 bits per heavy atom. The van der Waals surface area contributed by atoms with Gasteiger partial charge in [0.25, 0.3) is 0 Å². The Morgan fingerprint density at radius 1 is 1.43 bits per heavy atom. The van der Waals surface area contributed by atoms with Gasteiger partial charge in [-0.05, 0) is 37.5 Å². The second-order valence-corrected chi connectivity index (χ2v) is 6.91. The fraction of sp³-hybridized carbons (Fsp3) is 0.412. The van der Waals surface area contributed by atoms with Crippen molar-refractivity contribution < 1.29 is 13.9 Å². The number of rotatable bonds is 3. The summed E-state index contributed by atoms with van der Waals surface area (Å²) in [5.41, 5.74) is 2.24. The molecule has 1 aliphatic rings. The van der Waals surface area contributed by atoms with E-state index in [4.69, 9.17) is 4.74 Å². The molecule has 1 aromatic heterocycles. The van der Waals surface area contributed by atoms with Gasteiger partial charge in [-0.25, -0.2) is 9.37 Å². The van der Waals surface area contributed by atoms with Crippen molar-refractivity contribution in [3.63, 3.8) is 0 Å². The predicted octanol–water partition coefficient (Wildman–Crippen LogP) is 3.96. The lowest BCUT2D eigenvalue weighted by molar-refractivity contribution is -0.147. The number of carbonyl (C=O) groups excluding carboxylic acids is 1. The third kappa shape index (κ3) is 3.22. The molecule has 6 heteroatoms. The first-order valence-electron chi connectivity index (χ1n) is 7.59. The molecule has 23 heavy (non-hydrogen) atoms. The molecule has 0 amide bonds. The molecule has 0 aliphatic heterocycles. The van der Waals surface area contributed by atoms with Crippen LogP contribution in [0, 0.1) is 5.82 Å². The minimum Gasteiger partial charge on any atom is -0.457 e. The monoisotopic (exact) mass is 334 g/mol. The van der Waals surface area contributed by atoms with Crippen LogP contribution in [-0.2, 0) is 16.0 Å². The van der Waals surface area contributed by atoms with Crippen molar-refractivity contribution >= 4 is 23.0 Å². The van der Waals surface area contributed by atoms with Crippen molar-refractivity contribution in [1.29, 1.82) is 0 Å². The van der Waals surface area contributed by atoms with Crippen LogP contribution in [0.15, 0.2) is 18.2 Å². The van der Waals surface area contributed by atoms with Gasteiger partial charge < -0.3 is 9.64 Å². The van der Waals surface area contributed by atoms with Crippen LogP contribution in [0.5, 0.6) is 0 Å². The van der Waals surface area contributed by atoms with Gasteiger partial charge in [0.2, 0.25) is 0 Å². The summed E-state index contributed by atoms with van der Waals surface area (Å²) in [4.78, 5) is 18.7. The van der Waals surface area contributed by atoms with Crippen LogP contribution in [0.25, 0.3) is 10.6 Å². The Hall–Kier alpha value is -1.95. The number of hydrogen-bond acceptors (Lipinski definition) is 5. The first-order chi connectivity index (χ1) is 11.0. The first-order valence-corrected chi connectivity index (χ1v) is 8.41. The van der Waals surface area contributed by atoms with E-state index >= 15 is 0 Å². The van der Waals surface area contributed by atoms with Crippen LogP contribution in [-0.4, -0.2) is 25.0 Å². The number of fused-ring (bicyclic) bond motifs is 1. The van der Waals surface area contributed by atoms with E-state index in [-0.39, 0.29) is 17.9 Å². The lowest BCUT2D eigenvalue weighted by Gasteiger charge is -2.20. The fourth-order valence-corrected chi connectivity index (χ4v) is 3.97. The molecule has 0 spiro atoms. The molecule has 0 N–H and O–H groups in total. The molecule has 0 saturated carbocycles. The number of halogens is 1. The minimum absolute atomic E-state index is 0.244. The zero-order valence-corrected chi connectivity index (χ0v) is 14.2. The molecule has 2 aromatic rings. The van der Waals surface area contributed by atoms with Gasteiger partial charge >= 0.3 is 5.97 Å². The van der Waals surface area contributed by atoms with E-state index in [1.807, 2.05) is 25.1 Å². The second-order valence-electron chi connectivity index (χ2n) is 5.88. The quantitative estimate of drug-likeness (QED) is 0.797. The zero-order valence-electron chi connectivity index (χ0n) is 13.4. The number of thiazole rings is 1. The number of esters is 1. The predicted molar refractivity (Wildman–Crippen MR) is 89.3 cm³/mol. The molecule has 1 aromatic carbocycles. The van der Waals surface area contributed by atoms with Gasteiger partial charge in [-0.1, -0.05) is 0 Å². The highest BCUT2D eigenvalue weighted by molar-refractivity contribution is 7.15. The molecule has 3 rings (SSSR count). The van der Waals surface area contributed by atoms with Crippen LogP contribution in [0.4, 0.5) is 10.1 Å². The maximum Gasteiger partial charge on any atom is 0.303 e. The zero-order chi connectivity index (χ0) is 16.6. The van der Waals surface area contributed by atoms with Gasteiger partial charge in [-0.3, -0.25) is 4.79 Å². The lowest BCUT2D eigenvalue weighted by Crippen LogP contribution is -2.13. The molecular formula is C17H19FN2O2S. The van der Waals surface area contributed by atoms with Crippen LogP contribution in [0.3, 0.4) is 0 Å². The SMILES string of the molecule is CC(=O)OC1CCCc2nc(-c3ccc(N(C)C)cc3F)sc21. The summed E-state index contributed by atoms with van der Waals surface area (Å²) in [7, 11) is 3.75. The molecule has 0 fully saturated rings. The standard InChI is InChI=1S/C17H19FN2O2S/c1-10(21)22-15-6-4-5-14-16(15)23-17(19-14)12-8-7-11(20(2)3)9-13(12)18/h7-9,15H,4-6H2,1-3H3. The third-order valence-electron chi connectivity index (χ3n) is 3.91. The highest BCUT2D eigenvalue weighted by atomic mass is 32.1. The summed E-state index contributed by atoms with van der Waals surface area (Å²) >= 11 is 1.43. The molecule has 1 atom stereocenters. The first kappa shape index (κ1) is 15.9.